The maximum absolute atomic E-state index is 5.60. The summed E-state index contributed by atoms with van der Waals surface area (Å²) in [6, 6.07) is 7.94. The van der Waals surface area contributed by atoms with Crippen molar-refractivity contribution in [3.8, 4) is 0 Å². The molecule has 2 N–H and O–H groups in total. The lowest BCUT2D eigenvalue weighted by Gasteiger charge is -2.24. The van der Waals surface area contributed by atoms with E-state index in [4.69, 9.17) is 22.7 Å². The van der Waals surface area contributed by atoms with Crippen molar-refractivity contribution in [2.24, 2.45) is 5.73 Å². The molecule has 0 unspecified atom stereocenters. The zero-order chi connectivity index (χ0) is 14.4. The van der Waals surface area contributed by atoms with Crippen LogP contribution in [0.4, 0.5) is 5.82 Å². The van der Waals surface area contributed by atoms with Gasteiger partial charge in [0, 0.05) is 32.0 Å². The van der Waals surface area contributed by atoms with Crippen LogP contribution in [0.15, 0.2) is 30.6 Å². The van der Waals surface area contributed by atoms with Crippen molar-refractivity contribution < 1.29 is 4.74 Å². The highest BCUT2D eigenvalue weighted by Crippen LogP contribution is 2.22. The Balaban J connectivity index is 2.31. The third-order valence-electron chi connectivity index (χ3n) is 3.01. The summed E-state index contributed by atoms with van der Waals surface area (Å²) in [6.07, 6.45) is 2.23. The van der Waals surface area contributed by atoms with E-state index in [1.54, 1.807) is 13.4 Å². The minimum absolute atomic E-state index is 0.505. The number of rotatable bonds is 7. The fourth-order valence-electron chi connectivity index (χ4n) is 2.01. The number of anilines is 1. The van der Waals surface area contributed by atoms with Crippen LogP contribution in [0.5, 0.6) is 0 Å². The standard InChI is InChI=1S/C14H18N4OS/c1-19-9-8-18(7-6-13(15)20)14-11-4-2-3-5-12(11)16-10-17-14/h2-5,10H,6-9H2,1H3,(H2,15,20). The van der Waals surface area contributed by atoms with Crippen LogP contribution in [0, 0.1) is 0 Å². The summed E-state index contributed by atoms with van der Waals surface area (Å²) < 4.78 is 5.16. The highest BCUT2D eigenvalue weighted by Gasteiger charge is 2.12. The minimum atomic E-state index is 0.505. The van der Waals surface area contributed by atoms with Crippen molar-refractivity contribution in [1.29, 1.82) is 0 Å². The maximum Gasteiger partial charge on any atom is 0.139 e. The maximum atomic E-state index is 5.60. The van der Waals surface area contributed by atoms with Gasteiger partial charge in [-0.15, -0.1) is 0 Å². The molecule has 1 heterocycles. The first-order valence-electron chi connectivity index (χ1n) is 6.44. The van der Waals surface area contributed by atoms with Gasteiger partial charge in [0.25, 0.3) is 0 Å². The zero-order valence-corrected chi connectivity index (χ0v) is 12.3. The van der Waals surface area contributed by atoms with Crippen molar-refractivity contribution in [2.45, 2.75) is 6.42 Å². The number of methoxy groups -OCH3 is 1. The first-order chi connectivity index (χ1) is 9.72. The highest BCUT2D eigenvalue weighted by atomic mass is 32.1. The quantitative estimate of drug-likeness (QED) is 0.784. The number of para-hydroxylation sites is 1. The van der Waals surface area contributed by atoms with Gasteiger partial charge in [-0.25, -0.2) is 9.97 Å². The summed E-state index contributed by atoms with van der Waals surface area (Å²) in [4.78, 5) is 11.3. The summed E-state index contributed by atoms with van der Waals surface area (Å²) in [6.45, 7) is 2.08. The van der Waals surface area contributed by atoms with Crippen LogP contribution in [0.25, 0.3) is 10.9 Å². The van der Waals surface area contributed by atoms with E-state index in [2.05, 4.69) is 14.9 Å². The SMILES string of the molecule is COCCN(CCC(N)=S)c1ncnc2ccccc12. The summed E-state index contributed by atoms with van der Waals surface area (Å²) in [5, 5.41) is 1.02. The Hall–Kier alpha value is -1.79. The van der Waals surface area contributed by atoms with Crippen LogP contribution >= 0.6 is 12.2 Å². The molecule has 0 saturated carbocycles. The molecule has 0 radical (unpaired) electrons. The van der Waals surface area contributed by atoms with Crippen molar-refractivity contribution >= 4 is 33.9 Å². The van der Waals surface area contributed by atoms with Crippen LogP contribution in [-0.2, 0) is 4.74 Å². The first-order valence-corrected chi connectivity index (χ1v) is 6.85. The number of nitrogens with zero attached hydrogens (tertiary/aromatic N) is 3. The van der Waals surface area contributed by atoms with Crippen LogP contribution in [0.1, 0.15) is 6.42 Å². The van der Waals surface area contributed by atoms with Gasteiger partial charge in [0.15, 0.2) is 0 Å². The predicted molar refractivity (Wildman–Crippen MR) is 85.0 cm³/mol. The van der Waals surface area contributed by atoms with E-state index in [1.807, 2.05) is 24.3 Å². The van der Waals surface area contributed by atoms with Gasteiger partial charge in [0.1, 0.15) is 12.1 Å². The minimum Gasteiger partial charge on any atom is -0.393 e. The molecule has 0 aliphatic carbocycles. The Kier molecular flexibility index (Phi) is 5.20. The molecule has 0 aliphatic rings. The third-order valence-corrected chi connectivity index (χ3v) is 3.22. The normalized spacial score (nSPS) is 10.7. The van der Waals surface area contributed by atoms with Gasteiger partial charge in [-0.1, -0.05) is 24.4 Å². The summed E-state index contributed by atoms with van der Waals surface area (Å²) in [7, 11) is 1.68. The molecule has 2 aromatic rings. The van der Waals surface area contributed by atoms with Gasteiger partial charge >= 0.3 is 0 Å². The average Bonchev–Trinajstić information content (AvgIpc) is 2.47. The Labute approximate surface area is 123 Å². The fraction of sp³-hybridized carbons (Fsp3) is 0.357. The van der Waals surface area contributed by atoms with Gasteiger partial charge in [-0.05, 0) is 12.1 Å². The molecular weight excluding hydrogens is 272 g/mol. The van der Waals surface area contributed by atoms with Gasteiger partial charge in [-0.2, -0.15) is 0 Å². The van der Waals surface area contributed by atoms with Gasteiger partial charge in [-0.3, -0.25) is 0 Å². The zero-order valence-electron chi connectivity index (χ0n) is 11.5. The monoisotopic (exact) mass is 290 g/mol. The van der Waals surface area contributed by atoms with Crippen molar-refractivity contribution in [3.63, 3.8) is 0 Å². The molecule has 0 saturated heterocycles. The molecule has 5 nitrogen and oxygen atoms in total. The summed E-state index contributed by atoms with van der Waals surface area (Å²) in [5.74, 6) is 0.893. The Bertz CT molecular complexity index is 585. The second kappa shape index (κ2) is 7.12. The van der Waals surface area contributed by atoms with Gasteiger partial charge in [0.05, 0.1) is 17.1 Å². The van der Waals surface area contributed by atoms with E-state index in [0.717, 1.165) is 29.8 Å². The second-order valence-electron chi connectivity index (χ2n) is 4.41. The number of benzene rings is 1. The number of nitrogens with two attached hydrogens (primary N) is 1. The van der Waals surface area contributed by atoms with Gasteiger partial charge < -0.3 is 15.4 Å². The third kappa shape index (κ3) is 3.61. The molecule has 0 atom stereocenters. The van der Waals surface area contributed by atoms with E-state index in [1.165, 1.54) is 0 Å². The summed E-state index contributed by atoms with van der Waals surface area (Å²) >= 11 is 4.96. The molecule has 6 heteroatoms. The van der Waals surface area contributed by atoms with E-state index < -0.39 is 0 Å². The lowest BCUT2D eigenvalue weighted by Crippen LogP contribution is -2.31. The number of thiocarbonyl (C=S) groups is 1. The number of hydrogen-bond acceptors (Lipinski definition) is 5. The predicted octanol–water partition coefficient (Wildman–Crippen LogP) is 1.76. The number of fused-ring (bicyclic) bond motifs is 1. The number of ether oxygens (including phenoxy) is 1. The molecule has 0 bridgehead atoms. The highest BCUT2D eigenvalue weighted by molar-refractivity contribution is 7.80. The smallest absolute Gasteiger partial charge is 0.139 e. The molecule has 0 amide bonds. The Morgan fingerprint density at radius 1 is 1.30 bits per heavy atom. The Morgan fingerprint density at radius 3 is 2.85 bits per heavy atom. The van der Waals surface area contributed by atoms with E-state index >= 15 is 0 Å². The molecule has 106 valence electrons. The molecule has 0 spiro atoms. The van der Waals surface area contributed by atoms with Crippen LogP contribution < -0.4 is 10.6 Å². The second-order valence-corrected chi connectivity index (χ2v) is 4.93. The molecule has 1 aromatic carbocycles. The molecule has 20 heavy (non-hydrogen) atoms. The van der Waals surface area contributed by atoms with Crippen LogP contribution in [0.3, 0.4) is 0 Å². The number of hydrogen-bond donors (Lipinski definition) is 1. The Morgan fingerprint density at radius 2 is 2.10 bits per heavy atom. The largest absolute Gasteiger partial charge is 0.393 e. The van der Waals surface area contributed by atoms with Crippen molar-refractivity contribution in [1.82, 2.24) is 9.97 Å². The van der Waals surface area contributed by atoms with Crippen LogP contribution in [-0.4, -0.2) is 41.8 Å². The van der Waals surface area contributed by atoms with Crippen molar-refractivity contribution in [2.75, 3.05) is 31.7 Å². The lowest BCUT2D eigenvalue weighted by molar-refractivity contribution is 0.205. The molecule has 1 aromatic heterocycles. The topological polar surface area (TPSA) is 64.3 Å². The van der Waals surface area contributed by atoms with E-state index in [0.29, 0.717) is 18.0 Å². The first kappa shape index (κ1) is 14.6. The summed E-state index contributed by atoms with van der Waals surface area (Å²) in [5.41, 5.74) is 6.53. The molecule has 0 aliphatic heterocycles. The van der Waals surface area contributed by atoms with E-state index in [9.17, 15) is 0 Å². The van der Waals surface area contributed by atoms with E-state index in [-0.39, 0.29) is 0 Å². The lowest BCUT2D eigenvalue weighted by atomic mass is 10.2. The fourth-order valence-corrected chi connectivity index (χ4v) is 2.10. The van der Waals surface area contributed by atoms with Crippen molar-refractivity contribution in [3.05, 3.63) is 30.6 Å². The number of aromatic nitrogens is 2. The molecule has 0 fully saturated rings. The van der Waals surface area contributed by atoms with Crippen LogP contribution in [0.2, 0.25) is 0 Å². The average molecular weight is 290 g/mol. The molecule has 2 rings (SSSR count). The van der Waals surface area contributed by atoms with Gasteiger partial charge in [0.2, 0.25) is 0 Å². The molecular formula is C14H18N4OS.